The first-order valence-corrected chi connectivity index (χ1v) is 8.75. The minimum Gasteiger partial charge on any atom is -0.490 e. The molecule has 26 heavy (non-hydrogen) atoms. The summed E-state index contributed by atoms with van der Waals surface area (Å²) in [4.78, 5) is 24.4. The zero-order valence-electron chi connectivity index (χ0n) is 15.5. The minimum absolute atomic E-state index is 0.119. The summed E-state index contributed by atoms with van der Waals surface area (Å²) >= 11 is 0. The highest BCUT2D eigenvalue weighted by Gasteiger charge is 2.27. The molecule has 1 heterocycles. The third-order valence-corrected chi connectivity index (χ3v) is 4.09. The van der Waals surface area contributed by atoms with Gasteiger partial charge in [0.05, 0.1) is 13.0 Å². The third-order valence-electron chi connectivity index (χ3n) is 4.09. The van der Waals surface area contributed by atoms with Crippen LogP contribution < -0.4 is 4.74 Å². The average Bonchev–Trinajstić information content (AvgIpc) is 2.52. The summed E-state index contributed by atoms with van der Waals surface area (Å²) in [5, 5.41) is 8.73. The van der Waals surface area contributed by atoms with Gasteiger partial charge >= 0.3 is 12.1 Å². The number of piperidine rings is 1. The second-order valence-electron chi connectivity index (χ2n) is 7.56. The van der Waals surface area contributed by atoms with Gasteiger partial charge in [-0.3, -0.25) is 4.79 Å². The monoisotopic (exact) mass is 367 g/mol. The molecular weight excluding hydrogens is 341 g/mol. The molecular formula is C19H26FNO5. The Labute approximate surface area is 152 Å². The van der Waals surface area contributed by atoms with Gasteiger partial charge in [0.25, 0.3) is 0 Å². The molecule has 1 aliphatic rings. The van der Waals surface area contributed by atoms with Gasteiger partial charge < -0.3 is 19.5 Å². The van der Waals surface area contributed by atoms with Crippen molar-refractivity contribution in [2.75, 3.05) is 19.7 Å². The van der Waals surface area contributed by atoms with Gasteiger partial charge in [-0.15, -0.1) is 0 Å². The standard InChI is InChI=1S/C19H26FNO5/c1-19(2,3)26-18(24)21-8-6-13(7-9-21)12-25-16-5-4-14(10-15(16)20)11-17(22)23/h4-5,10,13H,6-9,11-12H2,1-3H3,(H,22,23). The Kier molecular flexibility index (Phi) is 6.45. The molecule has 2 rings (SSSR count). The average molecular weight is 367 g/mol. The second-order valence-corrected chi connectivity index (χ2v) is 7.56. The maximum absolute atomic E-state index is 14.0. The first-order chi connectivity index (χ1) is 12.1. The lowest BCUT2D eigenvalue weighted by atomic mass is 9.98. The molecule has 0 spiro atoms. The lowest BCUT2D eigenvalue weighted by molar-refractivity contribution is -0.136. The highest BCUT2D eigenvalue weighted by atomic mass is 19.1. The largest absolute Gasteiger partial charge is 0.490 e. The molecule has 144 valence electrons. The molecule has 0 aliphatic carbocycles. The van der Waals surface area contributed by atoms with Crippen molar-refractivity contribution in [3.05, 3.63) is 29.6 Å². The van der Waals surface area contributed by atoms with Crippen molar-refractivity contribution in [3.8, 4) is 5.75 Å². The van der Waals surface area contributed by atoms with Crippen LogP contribution in [0.25, 0.3) is 0 Å². The van der Waals surface area contributed by atoms with Gasteiger partial charge in [-0.2, -0.15) is 0 Å². The number of carbonyl (C=O) groups is 2. The Hall–Kier alpha value is -2.31. The van der Waals surface area contributed by atoms with Gasteiger partial charge in [-0.1, -0.05) is 6.07 Å². The van der Waals surface area contributed by atoms with E-state index in [0.29, 0.717) is 25.3 Å². The number of rotatable bonds is 5. The Morgan fingerprint density at radius 2 is 1.92 bits per heavy atom. The number of carboxylic acids is 1. The number of halogens is 1. The van der Waals surface area contributed by atoms with E-state index in [-0.39, 0.29) is 24.2 Å². The molecule has 1 aromatic carbocycles. The van der Waals surface area contributed by atoms with Gasteiger partial charge in [0.15, 0.2) is 11.6 Å². The Bertz CT molecular complexity index is 648. The van der Waals surface area contributed by atoms with Crippen molar-refractivity contribution in [1.29, 1.82) is 0 Å². The van der Waals surface area contributed by atoms with E-state index in [1.165, 1.54) is 12.1 Å². The highest BCUT2D eigenvalue weighted by Crippen LogP contribution is 2.23. The van der Waals surface area contributed by atoms with Crippen LogP contribution in [0.15, 0.2) is 18.2 Å². The van der Waals surface area contributed by atoms with E-state index in [0.717, 1.165) is 12.8 Å². The molecule has 1 aromatic rings. The number of ether oxygens (including phenoxy) is 2. The molecule has 1 N–H and O–H groups in total. The van der Waals surface area contributed by atoms with E-state index in [4.69, 9.17) is 14.6 Å². The maximum Gasteiger partial charge on any atom is 0.410 e. The predicted molar refractivity (Wildman–Crippen MR) is 93.8 cm³/mol. The van der Waals surface area contributed by atoms with Crippen LogP contribution in [0.4, 0.5) is 9.18 Å². The lowest BCUT2D eigenvalue weighted by Crippen LogP contribution is -2.42. The van der Waals surface area contributed by atoms with Gasteiger partial charge in [0, 0.05) is 13.1 Å². The normalized spacial score (nSPS) is 15.6. The van der Waals surface area contributed by atoms with Crippen LogP contribution in [0.1, 0.15) is 39.2 Å². The molecule has 0 unspecified atom stereocenters. The minimum atomic E-state index is -1.00. The molecule has 1 amide bonds. The summed E-state index contributed by atoms with van der Waals surface area (Å²) in [6.45, 7) is 7.04. The zero-order valence-corrected chi connectivity index (χ0v) is 15.5. The van der Waals surface area contributed by atoms with Gasteiger partial charge in [0.2, 0.25) is 0 Å². The van der Waals surface area contributed by atoms with Crippen LogP contribution in [0, 0.1) is 11.7 Å². The van der Waals surface area contributed by atoms with Crippen LogP contribution in [-0.2, 0) is 16.0 Å². The molecule has 6 nitrogen and oxygen atoms in total. The van der Waals surface area contributed by atoms with Crippen LogP contribution in [0.2, 0.25) is 0 Å². The second kappa shape index (κ2) is 8.38. The van der Waals surface area contributed by atoms with Crippen molar-refractivity contribution in [2.24, 2.45) is 5.92 Å². The molecule has 1 saturated heterocycles. The van der Waals surface area contributed by atoms with Crippen LogP contribution in [0.5, 0.6) is 5.75 Å². The topological polar surface area (TPSA) is 76.1 Å². The number of hydrogen-bond acceptors (Lipinski definition) is 4. The number of aliphatic carboxylic acids is 1. The molecule has 7 heteroatoms. The molecule has 0 atom stereocenters. The van der Waals surface area contributed by atoms with Crippen molar-refractivity contribution >= 4 is 12.1 Å². The first-order valence-electron chi connectivity index (χ1n) is 8.75. The number of carbonyl (C=O) groups excluding carboxylic acids is 1. The van der Waals surface area contributed by atoms with Crippen molar-refractivity contribution in [3.63, 3.8) is 0 Å². The Balaban J connectivity index is 1.80. The van der Waals surface area contributed by atoms with Crippen molar-refractivity contribution in [1.82, 2.24) is 4.90 Å². The van der Waals surface area contributed by atoms with Crippen LogP contribution in [0.3, 0.4) is 0 Å². The van der Waals surface area contributed by atoms with E-state index in [1.54, 1.807) is 11.0 Å². The first kappa shape index (κ1) is 20.0. The molecule has 1 fully saturated rings. The molecule has 0 bridgehead atoms. The Morgan fingerprint density at radius 1 is 1.27 bits per heavy atom. The van der Waals surface area contributed by atoms with Crippen LogP contribution in [-0.4, -0.2) is 47.4 Å². The molecule has 0 saturated carbocycles. The third kappa shape index (κ3) is 6.20. The maximum atomic E-state index is 14.0. The van der Waals surface area contributed by atoms with E-state index >= 15 is 0 Å². The fourth-order valence-corrected chi connectivity index (χ4v) is 2.76. The van der Waals surface area contributed by atoms with Crippen molar-refractivity contribution in [2.45, 2.75) is 45.6 Å². The van der Waals surface area contributed by atoms with Gasteiger partial charge in [-0.05, 0) is 57.2 Å². The quantitative estimate of drug-likeness (QED) is 0.862. The van der Waals surface area contributed by atoms with Crippen LogP contribution >= 0.6 is 0 Å². The molecule has 1 aliphatic heterocycles. The van der Waals surface area contributed by atoms with E-state index in [1.807, 2.05) is 20.8 Å². The number of nitrogens with zero attached hydrogens (tertiary/aromatic N) is 1. The Morgan fingerprint density at radius 3 is 2.46 bits per heavy atom. The van der Waals surface area contributed by atoms with E-state index in [2.05, 4.69) is 0 Å². The fourth-order valence-electron chi connectivity index (χ4n) is 2.76. The smallest absolute Gasteiger partial charge is 0.410 e. The molecule has 0 radical (unpaired) electrons. The van der Waals surface area contributed by atoms with Gasteiger partial charge in [-0.25, -0.2) is 9.18 Å². The zero-order chi connectivity index (χ0) is 19.3. The summed E-state index contributed by atoms with van der Waals surface area (Å²) in [5.74, 6) is -1.22. The van der Waals surface area contributed by atoms with E-state index in [9.17, 15) is 14.0 Å². The summed E-state index contributed by atoms with van der Waals surface area (Å²) < 4.78 is 24.9. The number of amides is 1. The van der Waals surface area contributed by atoms with Gasteiger partial charge in [0.1, 0.15) is 5.60 Å². The fraction of sp³-hybridized carbons (Fsp3) is 0.579. The number of carboxylic acid groups (broad SMARTS) is 1. The SMILES string of the molecule is CC(C)(C)OC(=O)N1CCC(COc2ccc(CC(=O)O)cc2F)CC1. The highest BCUT2D eigenvalue weighted by molar-refractivity contribution is 5.70. The number of likely N-dealkylation sites (tertiary alicyclic amines) is 1. The summed E-state index contributed by atoms with van der Waals surface area (Å²) in [6.07, 6.45) is 0.993. The number of benzene rings is 1. The van der Waals surface area contributed by atoms with Crippen molar-refractivity contribution < 1.29 is 28.6 Å². The molecule has 0 aromatic heterocycles. The predicted octanol–water partition coefficient (Wildman–Crippen LogP) is 3.48. The summed E-state index contributed by atoms with van der Waals surface area (Å²) in [6, 6.07) is 4.20. The number of hydrogen-bond donors (Lipinski definition) is 1. The lowest BCUT2D eigenvalue weighted by Gasteiger charge is -2.33. The van der Waals surface area contributed by atoms with E-state index < -0.39 is 17.4 Å². The summed E-state index contributed by atoms with van der Waals surface area (Å²) in [7, 11) is 0. The summed E-state index contributed by atoms with van der Waals surface area (Å²) in [5.41, 5.74) is -0.116.